The van der Waals surface area contributed by atoms with Crippen molar-refractivity contribution in [3.8, 4) is 5.19 Å². The lowest BCUT2D eigenvalue weighted by Gasteiger charge is -2.11. The molecule has 8 heteroatoms. The molecule has 82 valence electrons. The van der Waals surface area contributed by atoms with E-state index in [1.165, 1.54) is 4.90 Å². The van der Waals surface area contributed by atoms with Gasteiger partial charge in [0.15, 0.2) is 0 Å². The van der Waals surface area contributed by atoms with Crippen molar-refractivity contribution in [2.24, 2.45) is 0 Å². The van der Waals surface area contributed by atoms with Crippen molar-refractivity contribution < 1.29 is 14.6 Å². The first-order chi connectivity index (χ1) is 7.15. The Labute approximate surface area is 89.5 Å². The smallest absolute Gasteiger partial charge is 0.407 e. The lowest BCUT2D eigenvalue weighted by atomic mass is 10.3. The van der Waals surface area contributed by atoms with Gasteiger partial charge in [-0.25, -0.2) is 4.79 Å². The predicted molar refractivity (Wildman–Crippen MR) is 53.0 cm³/mol. The first-order valence-corrected chi connectivity index (χ1v) is 5.20. The molecule has 1 aliphatic rings. The number of ether oxygens (including phenoxy) is 1. The second-order valence-corrected chi connectivity index (χ2v) is 4.13. The van der Waals surface area contributed by atoms with E-state index in [9.17, 15) is 4.79 Å². The molecule has 1 fully saturated rings. The average molecular weight is 230 g/mol. The number of rotatable bonds is 2. The summed E-state index contributed by atoms with van der Waals surface area (Å²) < 4.78 is 5.44. The van der Waals surface area contributed by atoms with Crippen molar-refractivity contribution in [2.45, 2.75) is 12.5 Å². The fourth-order valence-electron chi connectivity index (χ4n) is 1.41. The lowest BCUT2D eigenvalue weighted by Crippen LogP contribution is -2.29. The van der Waals surface area contributed by atoms with Crippen LogP contribution in [0.5, 0.6) is 5.19 Å². The molecule has 1 amide bonds. The number of amides is 1. The fraction of sp³-hybridized carbons (Fsp3) is 0.571. The van der Waals surface area contributed by atoms with E-state index in [4.69, 9.17) is 15.6 Å². The van der Waals surface area contributed by atoms with E-state index in [0.29, 0.717) is 29.8 Å². The van der Waals surface area contributed by atoms with Crippen LogP contribution in [-0.2, 0) is 0 Å². The molecular weight excluding hydrogens is 220 g/mol. The van der Waals surface area contributed by atoms with Crippen LogP contribution in [0.1, 0.15) is 6.42 Å². The number of carboxylic acid groups (broad SMARTS) is 1. The van der Waals surface area contributed by atoms with E-state index in [-0.39, 0.29) is 6.10 Å². The summed E-state index contributed by atoms with van der Waals surface area (Å²) in [6.45, 7) is 0.864. The first kappa shape index (κ1) is 9.97. The number of likely N-dealkylation sites (tertiary alicyclic amines) is 1. The Morgan fingerprint density at radius 3 is 3.00 bits per heavy atom. The van der Waals surface area contributed by atoms with Crippen molar-refractivity contribution in [2.75, 3.05) is 18.8 Å². The SMILES string of the molecule is Nc1nnc(OC2CCN(C(=O)O)C2)s1. The van der Waals surface area contributed by atoms with Crippen molar-refractivity contribution in [1.29, 1.82) is 0 Å². The van der Waals surface area contributed by atoms with Crippen LogP contribution in [0.4, 0.5) is 9.93 Å². The van der Waals surface area contributed by atoms with Crippen LogP contribution in [0.3, 0.4) is 0 Å². The Bertz CT molecular complexity index is 369. The van der Waals surface area contributed by atoms with Crippen molar-refractivity contribution in [3.05, 3.63) is 0 Å². The van der Waals surface area contributed by atoms with E-state index < -0.39 is 6.09 Å². The van der Waals surface area contributed by atoms with Gasteiger partial charge in [-0.2, -0.15) is 0 Å². The van der Waals surface area contributed by atoms with E-state index in [1.54, 1.807) is 0 Å². The molecule has 15 heavy (non-hydrogen) atoms. The van der Waals surface area contributed by atoms with Crippen molar-refractivity contribution >= 4 is 22.6 Å². The van der Waals surface area contributed by atoms with E-state index in [2.05, 4.69) is 10.2 Å². The van der Waals surface area contributed by atoms with Gasteiger partial charge >= 0.3 is 6.09 Å². The molecule has 0 saturated carbocycles. The number of aromatic nitrogens is 2. The minimum absolute atomic E-state index is 0.145. The summed E-state index contributed by atoms with van der Waals surface area (Å²) in [4.78, 5) is 11.9. The highest BCUT2D eigenvalue weighted by Crippen LogP contribution is 2.23. The van der Waals surface area contributed by atoms with E-state index in [0.717, 1.165) is 11.3 Å². The Hall–Kier alpha value is -1.57. The number of hydrogen-bond acceptors (Lipinski definition) is 6. The molecule has 0 spiro atoms. The molecule has 0 radical (unpaired) electrons. The number of nitrogens with zero attached hydrogens (tertiary/aromatic N) is 3. The summed E-state index contributed by atoms with van der Waals surface area (Å²) in [5.41, 5.74) is 5.39. The lowest BCUT2D eigenvalue weighted by molar-refractivity contribution is 0.145. The van der Waals surface area contributed by atoms with Crippen LogP contribution in [0.25, 0.3) is 0 Å². The molecule has 1 aromatic rings. The highest BCUT2D eigenvalue weighted by Gasteiger charge is 2.27. The summed E-state index contributed by atoms with van der Waals surface area (Å²) >= 11 is 1.15. The van der Waals surface area contributed by atoms with Gasteiger partial charge in [0, 0.05) is 13.0 Å². The van der Waals surface area contributed by atoms with Crippen LogP contribution >= 0.6 is 11.3 Å². The molecule has 1 unspecified atom stereocenters. The minimum Gasteiger partial charge on any atom is -0.465 e. The van der Waals surface area contributed by atoms with Crippen LogP contribution in [0.15, 0.2) is 0 Å². The number of nitrogen functional groups attached to an aromatic ring is 1. The summed E-state index contributed by atoms with van der Waals surface area (Å²) in [6, 6.07) is 0. The maximum atomic E-state index is 10.6. The van der Waals surface area contributed by atoms with Gasteiger partial charge in [-0.05, 0) is 11.3 Å². The fourth-order valence-corrected chi connectivity index (χ4v) is 1.94. The topological polar surface area (TPSA) is 102 Å². The zero-order valence-electron chi connectivity index (χ0n) is 7.79. The molecule has 1 atom stereocenters. The largest absolute Gasteiger partial charge is 0.465 e. The molecule has 1 aliphatic heterocycles. The van der Waals surface area contributed by atoms with Gasteiger partial charge in [0.1, 0.15) is 6.10 Å². The van der Waals surface area contributed by atoms with Gasteiger partial charge in [-0.15, -0.1) is 5.10 Å². The van der Waals surface area contributed by atoms with Gasteiger partial charge in [0.2, 0.25) is 5.13 Å². The molecule has 1 aromatic heterocycles. The van der Waals surface area contributed by atoms with Gasteiger partial charge < -0.3 is 20.5 Å². The Morgan fingerprint density at radius 2 is 2.47 bits per heavy atom. The zero-order valence-corrected chi connectivity index (χ0v) is 8.61. The normalized spacial score (nSPS) is 20.5. The van der Waals surface area contributed by atoms with Gasteiger partial charge in [-0.1, -0.05) is 5.10 Å². The monoisotopic (exact) mass is 230 g/mol. The minimum atomic E-state index is -0.919. The van der Waals surface area contributed by atoms with E-state index in [1.807, 2.05) is 0 Å². The molecule has 7 nitrogen and oxygen atoms in total. The Morgan fingerprint density at radius 1 is 1.67 bits per heavy atom. The summed E-state index contributed by atoms with van der Waals surface area (Å²) in [5.74, 6) is 0. The Balaban J connectivity index is 1.90. The molecule has 1 saturated heterocycles. The summed E-state index contributed by atoms with van der Waals surface area (Å²) in [5, 5.41) is 16.8. The third kappa shape index (κ3) is 2.27. The van der Waals surface area contributed by atoms with Gasteiger partial charge in [-0.3, -0.25) is 0 Å². The Kier molecular flexibility index (Phi) is 2.58. The number of anilines is 1. The number of carbonyl (C=O) groups is 1. The molecule has 0 aromatic carbocycles. The average Bonchev–Trinajstić information content (AvgIpc) is 2.76. The predicted octanol–water partition coefficient (Wildman–Crippen LogP) is 0.251. The molecule has 3 N–H and O–H groups in total. The maximum absolute atomic E-state index is 10.6. The van der Waals surface area contributed by atoms with Crippen molar-refractivity contribution in [3.63, 3.8) is 0 Å². The molecule has 2 rings (SSSR count). The number of nitrogens with two attached hydrogens (primary N) is 1. The third-order valence-corrected chi connectivity index (χ3v) is 2.75. The van der Waals surface area contributed by atoms with E-state index >= 15 is 0 Å². The molecular formula is C7H10N4O3S. The van der Waals surface area contributed by atoms with Crippen LogP contribution in [-0.4, -0.2) is 45.5 Å². The quantitative estimate of drug-likeness (QED) is 0.755. The zero-order chi connectivity index (χ0) is 10.8. The second kappa shape index (κ2) is 3.89. The standard InChI is InChI=1S/C7H10N4O3S/c8-5-9-10-6(15-5)14-4-1-2-11(3-4)7(12)13/h4H,1-3H2,(H2,8,9)(H,12,13). The highest BCUT2D eigenvalue weighted by molar-refractivity contribution is 7.16. The first-order valence-electron chi connectivity index (χ1n) is 4.38. The molecule has 2 heterocycles. The number of hydrogen-bond donors (Lipinski definition) is 2. The van der Waals surface area contributed by atoms with Crippen LogP contribution in [0, 0.1) is 0 Å². The van der Waals surface area contributed by atoms with Crippen LogP contribution < -0.4 is 10.5 Å². The second-order valence-electron chi connectivity index (χ2n) is 3.16. The molecule has 0 bridgehead atoms. The summed E-state index contributed by atoms with van der Waals surface area (Å²) in [6.07, 6.45) is -0.391. The third-order valence-electron chi connectivity index (χ3n) is 2.11. The van der Waals surface area contributed by atoms with Gasteiger partial charge in [0.05, 0.1) is 6.54 Å². The van der Waals surface area contributed by atoms with Crippen molar-refractivity contribution in [1.82, 2.24) is 15.1 Å². The molecule has 0 aliphatic carbocycles. The maximum Gasteiger partial charge on any atom is 0.407 e. The van der Waals surface area contributed by atoms with Gasteiger partial charge in [0.25, 0.3) is 5.19 Å². The summed E-state index contributed by atoms with van der Waals surface area (Å²) in [7, 11) is 0. The van der Waals surface area contributed by atoms with Crippen LogP contribution in [0.2, 0.25) is 0 Å². The highest BCUT2D eigenvalue weighted by atomic mass is 32.1.